The molecule has 1 saturated heterocycles. The van der Waals surface area contributed by atoms with E-state index in [0.29, 0.717) is 24.3 Å². The average molecular weight is 379 g/mol. The van der Waals surface area contributed by atoms with Gasteiger partial charge in [-0.1, -0.05) is 29.8 Å². The summed E-state index contributed by atoms with van der Waals surface area (Å²) >= 11 is 0. The van der Waals surface area contributed by atoms with E-state index in [0.717, 1.165) is 42.0 Å². The van der Waals surface area contributed by atoms with Gasteiger partial charge in [0.05, 0.1) is 12.2 Å². The van der Waals surface area contributed by atoms with Gasteiger partial charge in [-0.15, -0.1) is 0 Å². The number of hydrogen-bond donors (Lipinski definition) is 1. The monoisotopic (exact) mass is 379 g/mol. The predicted molar refractivity (Wildman–Crippen MR) is 105 cm³/mol. The van der Waals surface area contributed by atoms with Crippen molar-refractivity contribution in [2.45, 2.75) is 45.2 Å². The third-order valence-electron chi connectivity index (χ3n) is 5.21. The molecule has 0 amide bonds. The fourth-order valence-corrected chi connectivity index (χ4v) is 3.79. The van der Waals surface area contributed by atoms with Gasteiger partial charge in [0.25, 0.3) is 0 Å². The van der Waals surface area contributed by atoms with Crippen molar-refractivity contribution >= 4 is 0 Å². The van der Waals surface area contributed by atoms with Gasteiger partial charge in [0, 0.05) is 30.0 Å². The van der Waals surface area contributed by atoms with Gasteiger partial charge in [-0.05, 0) is 44.9 Å². The van der Waals surface area contributed by atoms with Gasteiger partial charge in [0.1, 0.15) is 5.82 Å². The van der Waals surface area contributed by atoms with Gasteiger partial charge in [0.2, 0.25) is 11.7 Å². The van der Waals surface area contributed by atoms with E-state index >= 15 is 0 Å². The van der Waals surface area contributed by atoms with E-state index in [1.54, 1.807) is 6.20 Å². The molecule has 0 spiro atoms. The summed E-state index contributed by atoms with van der Waals surface area (Å²) in [4.78, 5) is 15.6. The zero-order valence-electron chi connectivity index (χ0n) is 16.1. The van der Waals surface area contributed by atoms with Crippen molar-refractivity contribution in [2.24, 2.45) is 0 Å². The lowest BCUT2D eigenvalue weighted by molar-refractivity contribution is 0.100. The summed E-state index contributed by atoms with van der Waals surface area (Å²) in [7, 11) is 0. The molecule has 2 aromatic heterocycles. The zero-order chi connectivity index (χ0) is 19.3. The van der Waals surface area contributed by atoms with Gasteiger partial charge in [-0.2, -0.15) is 4.98 Å². The van der Waals surface area contributed by atoms with Crippen LogP contribution in [0.4, 0.5) is 0 Å². The Kier molecular flexibility index (Phi) is 5.73. The van der Waals surface area contributed by atoms with E-state index in [-0.39, 0.29) is 6.61 Å². The van der Waals surface area contributed by atoms with Crippen LogP contribution in [0.2, 0.25) is 0 Å². The minimum atomic E-state index is 0.214. The van der Waals surface area contributed by atoms with Crippen molar-refractivity contribution in [3.63, 3.8) is 0 Å². The van der Waals surface area contributed by atoms with Crippen LogP contribution in [0.5, 0.6) is 0 Å². The van der Waals surface area contributed by atoms with Crippen LogP contribution in [0.1, 0.15) is 37.4 Å². The van der Waals surface area contributed by atoms with E-state index in [9.17, 15) is 5.11 Å². The van der Waals surface area contributed by atoms with E-state index in [1.807, 2.05) is 37.3 Å². The number of benzene rings is 1. The molecule has 0 bridgehead atoms. The third kappa shape index (κ3) is 4.26. The van der Waals surface area contributed by atoms with Crippen molar-refractivity contribution in [1.29, 1.82) is 0 Å². The molecule has 146 valence electrons. The topological polar surface area (TPSA) is 88.2 Å². The fourth-order valence-electron chi connectivity index (χ4n) is 3.79. The SMILES string of the molecule is Cc1nccc(-c2cccc(-c3noc(CN4CCCC[C@@H]4CCO)n3)c2)n1. The molecule has 28 heavy (non-hydrogen) atoms. The van der Waals surface area contributed by atoms with E-state index in [2.05, 4.69) is 25.0 Å². The number of nitrogens with zero attached hydrogens (tertiary/aromatic N) is 5. The molecule has 0 radical (unpaired) electrons. The second-order valence-electron chi connectivity index (χ2n) is 7.21. The number of aliphatic hydroxyl groups excluding tert-OH is 1. The highest BCUT2D eigenvalue weighted by Gasteiger charge is 2.24. The number of rotatable bonds is 6. The molecular weight excluding hydrogens is 354 g/mol. The fraction of sp³-hybridized carbons (Fsp3) is 0.429. The van der Waals surface area contributed by atoms with Crippen molar-refractivity contribution in [1.82, 2.24) is 25.0 Å². The Balaban J connectivity index is 1.52. The molecule has 7 nitrogen and oxygen atoms in total. The quantitative estimate of drug-likeness (QED) is 0.703. The highest BCUT2D eigenvalue weighted by atomic mass is 16.5. The summed E-state index contributed by atoms with van der Waals surface area (Å²) in [5, 5.41) is 13.5. The van der Waals surface area contributed by atoms with Crippen LogP contribution in [0.3, 0.4) is 0 Å². The summed E-state index contributed by atoms with van der Waals surface area (Å²) in [5.74, 6) is 1.94. The number of aliphatic hydroxyl groups is 1. The molecule has 0 saturated carbocycles. The maximum absolute atomic E-state index is 9.31. The maximum Gasteiger partial charge on any atom is 0.241 e. The molecular formula is C21H25N5O2. The van der Waals surface area contributed by atoms with Crippen LogP contribution in [0.15, 0.2) is 41.1 Å². The van der Waals surface area contributed by atoms with Crippen LogP contribution < -0.4 is 0 Å². The van der Waals surface area contributed by atoms with E-state index in [1.165, 1.54) is 12.8 Å². The molecule has 0 unspecified atom stereocenters. The molecule has 3 heterocycles. The van der Waals surface area contributed by atoms with Crippen LogP contribution in [-0.2, 0) is 6.54 Å². The number of piperidine rings is 1. The summed E-state index contributed by atoms with van der Waals surface area (Å²) in [6.07, 6.45) is 6.05. The second kappa shape index (κ2) is 8.58. The molecule has 1 aromatic carbocycles. The Morgan fingerprint density at radius 3 is 2.93 bits per heavy atom. The Morgan fingerprint density at radius 1 is 1.18 bits per heavy atom. The normalized spacial score (nSPS) is 17.7. The lowest BCUT2D eigenvalue weighted by Gasteiger charge is -2.34. The van der Waals surface area contributed by atoms with Gasteiger partial charge in [0.15, 0.2) is 0 Å². The number of hydrogen-bond acceptors (Lipinski definition) is 7. The first-order valence-corrected chi connectivity index (χ1v) is 9.81. The molecule has 0 aliphatic carbocycles. The average Bonchev–Trinajstić information content (AvgIpc) is 3.18. The van der Waals surface area contributed by atoms with Gasteiger partial charge >= 0.3 is 0 Å². The number of aryl methyl sites for hydroxylation is 1. The molecule has 1 atom stereocenters. The first kappa shape index (κ1) is 18.7. The Labute approximate surface area is 164 Å². The largest absolute Gasteiger partial charge is 0.396 e. The van der Waals surface area contributed by atoms with E-state index in [4.69, 9.17) is 4.52 Å². The Morgan fingerprint density at radius 2 is 2.07 bits per heavy atom. The smallest absolute Gasteiger partial charge is 0.241 e. The zero-order valence-corrected chi connectivity index (χ0v) is 16.1. The van der Waals surface area contributed by atoms with Crippen molar-refractivity contribution < 1.29 is 9.63 Å². The Hall–Kier alpha value is -2.64. The first-order valence-electron chi connectivity index (χ1n) is 9.81. The highest BCUT2D eigenvalue weighted by molar-refractivity contribution is 5.67. The Bertz CT molecular complexity index is 924. The number of aromatic nitrogens is 4. The van der Waals surface area contributed by atoms with Crippen molar-refractivity contribution in [2.75, 3.05) is 13.2 Å². The lowest BCUT2D eigenvalue weighted by Crippen LogP contribution is -2.39. The molecule has 1 fully saturated rings. The second-order valence-corrected chi connectivity index (χ2v) is 7.21. The summed E-state index contributed by atoms with van der Waals surface area (Å²) in [5.41, 5.74) is 2.76. The first-order chi connectivity index (χ1) is 13.7. The van der Waals surface area contributed by atoms with E-state index < -0.39 is 0 Å². The van der Waals surface area contributed by atoms with Gasteiger partial charge in [-0.3, -0.25) is 4.90 Å². The van der Waals surface area contributed by atoms with Crippen LogP contribution >= 0.6 is 0 Å². The van der Waals surface area contributed by atoms with Crippen molar-refractivity contribution in [3.05, 3.63) is 48.2 Å². The third-order valence-corrected chi connectivity index (χ3v) is 5.21. The summed E-state index contributed by atoms with van der Waals surface area (Å²) < 4.78 is 5.52. The standard InChI is InChI=1S/C21H25N5O2/c1-15-22-10-8-19(23-15)16-5-4-6-17(13-16)21-24-20(28-25-21)14-26-11-3-2-7-18(26)9-12-27/h4-6,8,10,13,18,27H,2-3,7,9,11-12,14H2,1H3/t18-/m1/s1. The van der Waals surface area contributed by atoms with Gasteiger partial charge in [-0.25, -0.2) is 9.97 Å². The minimum absolute atomic E-state index is 0.214. The summed E-state index contributed by atoms with van der Waals surface area (Å²) in [6.45, 7) is 3.72. The molecule has 3 aromatic rings. The molecule has 4 rings (SSSR count). The highest BCUT2D eigenvalue weighted by Crippen LogP contribution is 2.25. The lowest BCUT2D eigenvalue weighted by atomic mass is 10.00. The molecule has 7 heteroatoms. The molecule has 1 aliphatic rings. The van der Waals surface area contributed by atoms with Crippen LogP contribution in [-0.4, -0.2) is 49.3 Å². The minimum Gasteiger partial charge on any atom is -0.396 e. The van der Waals surface area contributed by atoms with Crippen LogP contribution in [0.25, 0.3) is 22.6 Å². The van der Waals surface area contributed by atoms with Gasteiger partial charge < -0.3 is 9.63 Å². The van der Waals surface area contributed by atoms with Crippen LogP contribution in [0, 0.1) is 6.92 Å². The predicted octanol–water partition coefficient (Wildman–Crippen LogP) is 3.24. The summed E-state index contributed by atoms with van der Waals surface area (Å²) in [6, 6.07) is 10.3. The molecule has 1 N–H and O–H groups in total. The maximum atomic E-state index is 9.31. The molecule has 1 aliphatic heterocycles. The number of likely N-dealkylation sites (tertiary alicyclic amines) is 1. The van der Waals surface area contributed by atoms with Crippen molar-refractivity contribution in [3.8, 4) is 22.6 Å².